The fraction of sp³-hybridized carbons (Fsp3) is 0.400. The van der Waals surface area contributed by atoms with Crippen LogP contribution in [0.5, 0.6) is 0 Å². The van der Waals surface area contributed by atoms with Gasteiger partial charge in [-0.15, -0.1) is 10.2 Å². The average Bonchev–Trinajstić information content (AvgIpc) is 2.99. The third-order valence-electron chi connectivity index (χ3n) is 3.50. The summed E-state index contributed by atoms with van der Waals surface area (Å²) >= 11 is 11.8. The topological polar surface area (TPSA) is 110 Å². The lowest BCUT2D eigenvalue weighted by Gasteiger charge is -2.26. The molecule has 8 nitrogen and oxygen atoms in total. The van der Waals surface area contributed by atoms with E-state index in [4.69, 9.17) is 23.2 Å². The fourth-order valence-corrected chi connectivity index (χ4v) is 2.23. The summed E-state index contributed by atoms with van der Waals surface area (Å²) in [6, 6.07) is 4.32. The quantitative estimate of drug-likeness (QED) is 0.835. The van der Waals surface area contributed by atoms with Crippen molar-refractivity contribution in [1.29, 1.82) is 0 Å². The number of benzene rings is 1. The van der Waals surface area contributed by atoms with Crippen molar-refractivity contribution in [2.45, 2.75) is 38.8 Å². The van der Waals surface area contributed by atoms with Crippen molar-refractivity contribution in [3.05, 3.63) is 39.6 Å². The molecule has 0 fully saturated rings. The highest BCUT2D eigenvalue weighted by atomic mass is 35.5. The second-order valence-corrected chi connectivity index (χ2v) is 7.40. The van der Waals surface area contributed by atoms with E-state index in [0.717, 1.165) is 0 Å². The Morgan fingerprint density at radius 1 is 1.16 bits per heavy atom. The molecule has 1 atom stereocenters. The van der Waals surface area contributed by atoms with E-state index < -0.39 is 23.0 Å². The van der Waals surface area contributed by atoms with Gasteiger partial charge in [-0.2, -0.15) is 4.80 Å². The second kappa shape index (κ2) is 6.61. The van der Waals surface area contributed by atoms with Gasteiger partial charge in [0.1, 0.15) is 0 Å². The van der Waals surface area contributed by atoms with Crippen LogP contribution in [0.4, 0.5) is 0 Å². The van der Waals surface area contributed by atoms with Crippen LogP contribution >= 0.6 is 23.2 Å². The molecule has 1 heterocycles. The number of carboxylic acids is 1. The van der Waals surface area contributed by atoms with Gasteiger partial charge in [0, 0.05) is 0 Å². The smallest absolute Gasteiger partial charge is 0.333 e. The number of aromatic nitrogens is 4. The predicted molar refractivity (Wildman–Crippen MR) is 91.7 cm³/mol. The normalized spacial score (nSPS) is 14.0. The Labute approximate surface area is 154 Å². The minimum atomic E-state index is -1.75. The highest BCUT2D eigenvalue weighted by Crippen LogP contribution is 2.29. The van der Waals surface area contributed by atoms with Crippen LogP contribution in [-0.4, -0.2) is 37.2 Å². The molecule has 2 N–H and O–H groups in total. The Hall–Kier alpha value is -2.19. The summed E-state index contributed by atoms with van der Waals surface area (Å²) in [4.78, 5) is 25.5. The van der Waals surface area contributed by atoms with Gasteiger partial charge in [0.25, 0.3) is 11.7 Å². The molecule has 0 saturated heterocycles. The molecule has 0 aliphatic rings. The van der Waals surface area contributed by atoms with Gasteiger partial charge in [-0.05, 0) is 50.6 Å². The maximum Gasteiger partial charge on any atom is 0.333 e. The first-order valence-corrected chi connectivity index (χ1v) is 8.02. The summed E-state index contributed by atoms with van der Waals surface area (Å²) in [5.74, 6) is -2.28. The second-order valence-electron chi connectivity index (χ2n) is 6.59. The van der Waals surface area contributed by atoms with Crippen LogP contribution < -0.4 is 5.32 Å². The summed E-state index contributed by atoms with van der Waals surface area (Å²) in [7, 11) is 0. The lowest BCUT2D eigenvalue weighted by molar-refractivity contribution is -0.144. The zero-order valence-corrected chi connectivity index (χ0v) is 15.6. The van der Waals surface area contributed by atoms with E-state index >= 15 is 0 Å². The molecule has 134 valence electrons. The number of hydrogen-bond acceptors (Lipinski definition) is 5. The van der Waals surface area contributed by atoms with Crippen LogP contribution in [0.2, 0.25) is 10.0 Å². The molecule has 0 aliphatic carbocycles. The van der Waals surface area contributed by atoms with Crippen LogP contribution in [0.15, 0.2) is 18.2 Å². The van der Waals surface area contributed by atoms with Gasteiger partial charge in [0.2, 0.25) is 0 Å². The van der Waals surface area contributed by atoms with Crippen molar-refractivity contribution in [3.63, 3.8) is 0 Å². The molecule has 1 aromatic heterocycles. The average molecular weight is 386 g/mol. The van der Waals surface area contributed by atoms with Crippen molar-refractivity contribution in [2.24, 2.45) is 0 Å². The predicted octanol–water partition coefficient (Wildman–Crippen LogP) is 2.46. The van der Waals surface area contributed by atoms with E-state index in [-0.39, 0.29) is 21.4 Å². The van der Waals surface area contributed by atoms with Crippen molar-refractivity contribution >= 4 is 35.1 Å². The standard InChI is InChI=1S/C15H17Cl2N5O3/c1-14(2,3)22-20-11(19-21-22)12(23)18-15(4,13(24)25)8-5-6-9(16)10(17)7-8/h5-7H,1-4H3,(H,18,23)(H,24,25). The van der Waals surface area contributed by atoms with Crippen LogP contribution in [0.1, 0.15) is 43.9 Å². The molecule has 1 aromatic carbocycles. The van der Waals surface area contributed by atoms with E-state index in [1.54, 1.807) is 0 Å². The van der Waals surface area contributed by atoms with E-state index in [1.807, 2.05) is 20.8 Å². The number of amides is 1. The van der Waals surface area contributed by atoms with E-state index in [2.05, 4.69) is 20.7 Å². The maximum absolute atomic E-state index is 12.4. The Morgan fingerprint density at radius 2 is 1.80 bits per heavy atom. The highest BCUT2D eigenvalue weighted by molar-refractivity contribution is 6.42. The van der Waals surface area contributed by atoms with Gasteiger partial charge in [-0.3, -0.25) is 4.79 Å². The van der Waals surface area contributed by atoms with Gasteiger partial charge in [0.15, 0.2) is 5.54 Å². The van der Waals surface area contributed by atoms with Crippen LogP contribution in [0.25, 0.3) is 0 Å². The van der Waals surface area contributed by atoms with Crippen molar-refractivity contribution < 1.29 is 14.7 Å². The van der Waals surface area contributed by atoms with Crippen molar-refractivity contribution in [3.8, 4) is 0 Å². The number of nitrogens with one attached hydrogen (secondary N) is 1. The summed E-state index contributed by atoms with van der Waals surface area (Å²) in [5, 5.41) is 24.0. The summed E-state index contributed by atoms with van der Waals surface area (Å²) in [6.45, 7) is 6.86. The summed E-state index contributed by atoms with van der Waals surface area (Å²) < 4.78 is 0. The maximum atomic E-state index is 12.4. The molecule has 25 heavy (non-hydrogen) atoms. The number of rotatable bonds is 4. The molecule has 0 aliphatic heterocycles. The lowest BCUT2D eigenvalue weighted by atomic mass is 9.92. The Kier molecular flexibility index (Phi) is 5.06. The first kappa shape index (κ1) is 19.1. The largest absolute Gasteiger partial charge is 0.479 e. The number of nitrogens with zero attached hydrogens (tertiary/aromatic N) is 4. The first-order chi connectivity index (χ1) is 11.4. The number of halogens is 2. The first-order valence-electron chi connectivity index (χ1n) is 7.27. The summed E-state index contributed by atoms with van der Waals surface area (Å²) in [5.41, 5.74) is -1.96. The van der Waals surface area contributed by atoms with Gasteiger partial charge in [0.05, 0.1) is 15.6 Å². The number of carboxylic acid groups (broad SMARTS) is 1. The molecule has 0 bridgehead atoms. The zero-order chi connectivity index (χ0) is 19.0. The number of tetrazole rings is 1. The van der Waals surface area contributed by atoms with Gasteiger partial charge in [-0.25, -0.2) is 4.79 Å². The minimum absolute atomic E-state index is 0.178. The minimum Gasteiger partial charge on any atom is -0.479 e. The zero-order valence-electron chi connectivity index (χ0n) is 14.0. The van der Waals surface area contributed by atoms with Crippen molar-refractivity contribution in [1.82, 2.24) is 25.5 Å². The van der Waals surface area contributed by atoms with E-state index in [0.29, 0.717) is 0 Å². The SMILES string of the molecule is CC(NC(=O)c1nnn(C(C)(C)C)n1)(C(=O)O)c1ccc(Cl)c(Cl)c1. The highest BCUT2D eigenvalue weighted by Gasteiger charge is 2.38. The van der Waals surface area contributed by atoms with E-state index in [9.17, 15) is 14.7 Å². The van der Waals surface area contributed by atoms with Crippen LogP contribution in [-0.2, 0) is 15.9 Å². The molecule has 2 aromatic rings. The molecule has 1 amide bonds. The van der Waals surface area contributed by atoms with Gasteiger partial charge in [-0.1, -0.05) is 29.3 Å². The lowest BCUT2D eigenvalue weighted by Crippen LogP contribution is -2.49. The number of carbonyl (C=O) groups is 2. The van der Waals surface area contributed by atoms with Gasteiger partial charge >= 0.3 is 5.97 Å². The third kappa shape index (κ3) is 3.91. The molecule has 0 saturated carbocycles. The third-order valence-corrected chi connectivity index (χ3v) is 4.24. The number of hydrogen-bond donors (Lipinski definition) is 2. The monoisotopic (exact) mass is 385 g/mol. The molecular formula is C15H17Cl2N5O3. The molecule has 0 spiro atoms. The molecule has 0 radical (unpaired) electrons. The Morgan fingerprint density at radius 3 is 2.28 bits per heavy atom. The van der Waals surface area contributed by atoms with Crippen molar-refractivity contribution in [2.75, 3.05) is 0 Å². The van der Waals surface area contributed by atoms with Gasteiger partial charge < -0.3 is 10.4 Å². The van der Waals surface area contributed by atoms with Crippen LogP contribution in [0, 0.1) is 0 Å². The van der Waals surface area contributed by atoms with E-state index in [1.165, 1.54) is 29.9 Å². The molecule has 10 heteroatoms. The Balaban J connectivity index is 2.35. The fourth-order valence-electron chi connectivity index (χ4n) is 1.93. The van der Waals surface area contributed by atoms with Crippen LogP contribution in [0.3, 0.4) is 0 Å². The molecule has 1 unspecified atom stereocenters. The number of carbonyl (C=O) groups excluding carboxylic acids is 1. The Bertz CT molecular complexity index is 831. The molecular weight excluding hydrogens is 369 g/mol. The molecule has 2 rings (SSSR count). The summed E-state index contributed by atoms with van der Waals surface area (Å²) in [6.07, 6.45) is 0. The number of aliphatic carboxylic acids is 1.